The Labute approximate surface area is 120 Å². The Bertz CT molecular complexity index is 841. The molecule has 0 bridgehead atoms. The number of aromatic carboxylic acids is 1. The number of rotatable bonds is 2. The first-order valence-corrected chi connectivity index (χ1v) is 6.45. The van der Waals surface area contributed by atoms with E-state index in [1.54, 1.807) is 37.4 Å². The molecule has 1 N–H and O–H groups in total. The first-order chi connectivity index (χ1) is 10.1. The van der Waals surface area contributed by atoms with E-state index in [2.05, 4.69) is 4.98 Å². The fourth-order valence-corrected chi connectivity index (χ4v) is 2.40. The Kier molecular flexibility index (Phi) is 3.14. The number of carboxylic acids is 1. The van der Waals surface area contributed by atoms with Crippen molar-refractivity contribution >= 4 is 16.9 Å². The van der Waals surface area contributed by atoms with Crippen molar-refractivity contribution in [3.05, 3.63) is 65.6 Å². The van der Waals surface area contributed by atoms with Gasteiger partial charge in [-0.2, -0.15) is 0 Å². The summed E-state index contributed by atoms with van der Waals surface area (Å²) in [6, 6.07) is 11.5. The van der Waals surface area contributed by atoms with Crippen LogP contribution in [0.4, 0.5) is 4.39 Å². The van der Waals surface area contributed by atoms with Crippen LogP contribution in [0.15, 0.2) is 48.7 Å². The lowest BCUT2D eigenvalue weighted by atomic mass is 9.99. The van der Waals surface area contributed by atoms with Gasteiger partial charge in [0.1, 0.15) is 5.82 Å². The number of fused-ring (bicyclic) bond motifs is 1. The van der Waals surface area contributed by atoms with E-state index in [4.69, 9.17) is 0 Å². The highest BCUT2D eigenvalue weighted by atomic mass is 19.1. The van der Waals surface area contributed by atoms with E-state index in [9.17, 15) is 14.3 Å². The van der Waals surface area contributed by atoms with Gasteiger partial charge >= 0.3 is 5.97 Å². The molecule has 1 heterocycles. The zero-order chi connectivity index (χ0) is 15.0. The number of carbonyl (C=O) groups is 1. The summed E-state index contributed by atoms with van der Waals surface area (Å²) in [6.45, 7) is 1.72. The van der Waals surface area contributed by atoms with E-state index >= 15 is 0 Å². The van der Waals surface area contributed by atoms with E-state index in [1.165, 1.54) is 12.1 Å². The zero-order valence-electron chi connectivity index (χ0n) is 11.3. The maximum Gasteiger partial charge on any atom is 0.336 e. The normalized spacial score (nSPS) is 10.8. The predicted octanol–water partition coefficient (Wildman–Crippen LogP) is 4.05. The second-order valence-corrected chi connectivity index (χ2v) is 4.86. The molecule has 0 aliphatic heterocycles. The van der Waals surface area contributed by atoms with Gasteiger partial charge < -0.3 is 5.11 Å². The lowest BCUT2D eigenvalue weighted by molar-refractivity contribution is 0.0698. The summed E-state index contributed by atoms with van der Waals surface area (Å²) in [6.07, 6.45) is 1.56. The fraction of sp³-hybridized carbons (Fsp3) is 0.0588. The van der Waals surface area contributed by atoms with Crippen molar-refractivity contribution in [2.24, 2.45) is 0 Å². The topological polar surface area (TPSA) is 50.2 Å². The first kappa shape index (κ1) is 13.2. The summed E-state index contributed by atoms with van der Waals surface area (Å²) in [7, 11) is 0. The van der Waals surface area contributed by atoms with Gasteiger partial charge in [-0.3, -0.25) is 4.98 Å². The molecule has 3 aromatic rings. The SMILES string of the molecule is Cc1cnc2ccc(-c3ccc(F)cc3)cc2c1C(=O)O. The van der Waals surface area contributed by atoms with Crippen LogP contribution in [0.25, 0.3) is 22.0 Å². The minimum Gasteiger partial charge on any atom is -0.478 e. The van der Waals surface area contributed by atoms with Crippen LogP contribution in [0.3, 0.4) is 0 Å². The zero-order valence-corrected chi connectivity index (χ0v) is 11.3. The van der Waals surface area contributed by atoms with Crippen molar-refractivity contribution in [1.29, 1.82) is 0 Å². The Balaban J connectivity index is 2.25. The van der Waals surface area contributed by atoms with Gasteiger partial charge in [0.2, 0.25) is 0 Å². The van der Waals surface area contributed by atoms with Gasteiger partial charge in [-0.15, -0.1) is 0 Å². The van der Waals surface area contributed by atoms with Gasteiger partial charge in [0.25, 0.3) is 0 Å². The van der Waals surface area contributed by atoms with E-state index in [-0.39, 0.29) is 11.4 Å². The maximum atomic E-state index is 13.0. The van der Waals surface area contributed by atoms with E-state index in [0.717, 1.165) is 11.1 Å². The molecular formula is C17H12FNO2. The third-order valence-corrected chi connectivity index (χ3v) is 3.45. The lowest BCUT2D eigenvalue weighted by Crippen LogP contribution is -2.02. The molecule has 0 radical (unpaired) electrons. The fourth-order valence-electron chi connectivity index (χ4n) is 2.40. The Hall–Kier alpha value is -2.75. The van der Waals surface area contributed by atoms with Gasteiger partial charge in [-0.1, -0.05) is 18.2 Å². The highest BCUT2D eigenvalue weighted by Crippen LogP contribution is 2.27. The van der Waals surface area contributed by atoms with E-state index in [1.807, 2.05) is 6.07 Å². The molecule has 0 saturated carbocycles. The predicted molar refractivity (Wildman–Crippen MR) is 78.8 cm³/mol. The molecule has 21 heavy (non-hydrogen) atoms. The van der Waals surface area contributed by atoms with Crippen LogP contribution in [0.1, 0.15) is 15.9 Å². The lowest BCUT2D eigenvalue weighted by Gasteiger charge is -2.08. The van der Waals surface area contributed by atoms with Gasteiger partial charge in [0, 0.05) is 11.6 Å². The van der Waals surface area contributed by atoms with Crippen molar-refractivity contribution in [1.82, 2.24) is 4.98 Å². The van der Waals surface area contributed by atoms with Crippen LogP contribution in [0, 0.1) is 12.7 Å². The summed E-state index contributed by atoms with van der Waals surface area (Å²) in [5.74, 6) is -1.28. The largest absolute Gasteiger partial charge is 0.478 e. The van der Waals surface area contributed by atoms with Crippen LogP contribution < -0.4 is 0 Å². The van der Waals surface area contributed by atoms with Crippen molar-refractivity contribution in [3.63, 3.8) is 0 Å². The molecule has 0 spiro atoms. The molecule has 2 aromatic carbocycles. The minimum atomic E-state index is -0.976. The van der Waals surface area contributed by atoms with Crippen LogP contribution in [-0.4, -0.2) is 16.1 Å². The number of benzene rings is 2. The van der Waals surface area contributed by atoms with Crippen LogP contribution in [-0.2, 0) is 0 Å². The summed E-state index contributed by atoms with van der Waals surface area (Å²) < 4.78 is 13.0. The van der Waals surface area contributed by atoms with Gasteiger partial charge in [0.05, 0.1) is 11.1 Å². The summed E-state index contributed by atoms with van der Waals surface area (Å²) >= 11 is 0. The van der Waals surface area contributed by atoms with Crippen LogP contribution in [0.2, 0.25) is 0 Å². The van der Waals surface area contributed by atoms with Crippen molar-refractivity contribution in [2.45, 2.75) is 6.92 Å². The van der Waals surface area contributed by atoms with Gasteiger partial charge in [0.15, 0.2) is 0 Å². The Morgan fingerprint density at radius 2 is 1.76 bits per heavy atom. The quantitative estimate of drug-likeness (QED) is 0.771. The molecule has 0 atom stereocenters. The highest BCUT2D eigenvalue weighted by Gasteiger charge is 2.13. The van der Waals surface area contributed by atoms with Gasteiger partial charge in [-0.25, -0.2) is 9.18 Å². The maximum absolute atomic E-state index is 13.0. The monoisotopic (exact) mass is 281 g/mol. The molecule has 104 valence electrons. The second-order valence-electron chi connectivity index (χ2n) is 4.86. The van der Waals surface area contributed by atoms with E-state index in [0.29, 0.717) is 16.5 Å². The molecular weight excluding hydrogens is 269 g/mol. The Morgan fingerprint density at radius 3 is 2.43 bits per heavy atom. The molecule has 3 nitrogen and oxygen atoms in total. The minimum absolute atomic E-state index is 0.254. The molecule has 1 aromatic heterocycles. The summed E-state index contributed by atoms with van der Waals surface area (Å²) in [5.41, 5.74) is 3.16. The number of hydrogen-bond acceptors (Lipinski definition) is 2. The number of nitrogens with zero attached hydrogens (tertiary/aromatic N) is 1. The molecule has 0 saturated heterocycles. The van der Waals surface area contributed by atoms with Crippen LogP contribution >= 0.6 is 0 Å². The number of halogens is 1. The van der Waals surface area contributed by atoms with Crippen molar-refractivity contribution < 1.29 is 14.3 Å². The number of aryl methyl sites for hydroxylation is 1. The molecule has 0 fully saturated rings. The second kappa shape index (κ2) is 4.98. The number of carboxylic acid groups (broad SMARTS) is 1. The third kappa shape index (κ3) is 2.36. The van der Waals surface area contributed by atoms with Crippen molar-refractivity contribution in [2.75, 3.05) is 0 Å². The molecule has 0 unspecified atom stereocenters. The Morgan fingerprint density at radius 1 is 1.10 bits per heavy atom. The molecule has 0 aliphatic rings. The standard InChI is InChI=1S/C17H12FNO2/c1-10-9-19-15-7-4-12(8-14(15)16(10)17(20)21)11-2-5-13(18)6-3-11/h2-9H,1H3,(H,20,21). The van der Waals surface area contributed by atoms with Gasteiger partial charge in [-0.05, 0) is 47.9 Å². The summed E-state index contributed by atoms with van der Waals surface area (Å²) in [5, 5.41) is 9.97. The molecule has 3 rings (SSSR count). The number of hydrogen-bond donors (Lipinski definition) is 1. The summed E-state index contributed by atoms with van der Waals surface area (Å²) in [4.78, 5) is 15.7. The number of pyridine rings is 1. The average molecular weight is 281 g/mol. The van der Waals surface area contributed by atoms with Crippen LogP contribution in [0.5, 0.6) is 0 Å². The van der Waals surface area contributed by atoms with E-state index < -0.39 is 5.97 Å². The highest BCUT2D eigenvalue weighted by molar-refractivity contribution is 6.04. The number of aromatic nitrogens is 1. The molecule has 0 amide bonds. The smallest absolute Gasteiger partial charge is 0.336 e. The first-order valence-electron chi connectivity index (χ1n) is 6.45. The average Bonchev–Trinajstić information content (AvgIpc) is 2.46. The third-order valence-electron chi connectivity index (χ3n) is 3.45. The molecule has 0 aliphatic carbocycles. The van der Waals surface area contributed by atoms with Crippen molar-refractivity contribution in [3.8, 4) is 11.1 Å². The molecule has 4 heteroatoms.